The minimum atomic E-state index is -0.125. The van der Waals surface area contributed by atoms with Crippen molar-refractivity contribution in [3.63, 3.8) is 0 Å². The van der Waals surface area contributed by atoms with Gasteiger partial charge in [0.05, 0.1) is 5.69 Å². The summed E-state index contributed by atoms with van der Waals surface area (Å²) in [5.41, 5.74) is 12.2. The lowest BCUT2D eigenvalue weighted by atomic mass is 9.33. The third-order valence-electron chi connectivity index (χ3n) is 8.56. The first-order valence-corrected chi connectivity index (χ1v) is 14.1. The summed E-state index contributed by atoms with van der Waals surface area (Å²) < 4.78 is 0. The molecule has 1 fully saturated rings. The van der Waals surface area contributed by atoms with Crippen molar-refractivity contribution in [1.82, 2.24) is 0 Å². The highest BCUT2D eigenvalue weighted by atomic mass is 16.2. The Morgan fingerprint density at radius 2 is 0.875 bits per heavy atom. The molecule has 5 aromatic carbocycles. The molecule has 0 radical (unpaired) electrons. The molecule has 1 saturated heterocycles. The molecule has 0 spiro atoms. The number of rotatable bonds is 4. The number of carbonyl (C=O) groups is 2. The number of hydrogen-bond donors (Lipinski definition) is 0. The Labute approximate surface area is 236 Å². The molecule has 0 unspecified atom stereocenters. The van der Waals surface area contributed by atoms with Crippen LogP contribution in [0.25, 0.3) is 21.5 Å². The van der Waals surface area contributed by atoms with Crippen LogP contribution in [0.1, 0.15) is 46.2 Å². The maximum atomic E-state index is 13.1. The predicted octanol–water partition coefficient (Wildman–Crippen LogP) is 6.01. The van der Waals surface area contributed by atoms with Crippen molar-refractivity contribution in [3.8, 4) is 0 Å². The lowest BCUT2D eigenvalue weighted by Gasteiger charge is -2.29. The van der Waals surface area contributed by atoms with Gasteiger partial charge in [-0.1, -0.05) is 123 Å². The van der Waals surface area contributed by atoms with E-state index in [2.05, 4.69) is 102 Å². The molecule has 0 aliphatic carbocycles. The van der Waals surface area contributed by atoms with Gasteiger partial charge in [-0.05, 0) is 52.3 Å². The van der Waals surface area contributed by atoms with Crippen molar-refractivity contribution in [1.29, 1.82) is 0 Å². The zero-order valence-electron chi connectivity index (χ0n) is 24.2. The number of benzene rings is 5. The molecule has 6 rings (SSSR count). The van der Waals surface area contributed by atoms with E-state index in [0.29, 0.717) is 0 Å². The molecule has 40 heavy (non-hydrogen) atoms. The van der Waals surface area contributed by atoms with Gasteiger partial charge in [-0.3, -0.25) is 9.59 Å². The summed E-state index contributed by atoms with van der Waals surface area (Å²) >= 11 is 0. The first-order chi connectivity index (χ1) is 19.2. The van der Waals surface area contributed by atoms with Crippen LogP contribution in [0.5, 0.6) is 0 Å². The molecular weight excluding hydrogens is 489 g/mol. The van der Waals surface area contributed by atoms with E-state index in [9.17, 15) is 9.59 Å². The summed E-state index contributed by atoms with van der Waals surface area (Å²) in [6.45, 7) is 13.2. The maximum absolute atomic E-state index is 13.1. The molecule has 0 N–H and O–H groups in total. The van der Waals surface area contributed by atoms with Crippen molar-refractivity contribution in [2.75, 3.05) is 4.90 Å². The van der Waals surface area contributed by atoms with Crippen LogP contribution in [0.4, 0.5) is 5.69 Å². The van der Waals surface area contributed by atoms with Gasteiger partial charge in [0.25, 0.3) is 0 Å². The lowest BCUT2D eigenvalue weighted by Crippen LogP contribution is -2.56. The van der Waals surface area contributed by atoms with E-state index in [4.69, 9.17) is 0 Å². The van der Waals surface area contributed by atoms with Crippen LogP contribution in [0.15, 0.2) is 72.8 Å². The van der Waals surface area contributed by atoms with Crippen LogP contribution in [-0.4, -0.2) is 18.5 Å². The predicted molar refractivity (Wildman–Crippen MR) is 169 cm³/mol. The minimum Gasteiger partial charge on any atom is -0.274 e. The first-order valence-electron chi connectivity index (χ1n) is 14.1. The van der Waals surface area contributed by atoms with Gasteiger partial charge in [0.1, 0.15) is 0 Å². The van der Waals surface area contributed by atoms with Gasteiger partial charge in [-0.25, -0.2) is 4.90 Å². The third-order valence-corrected chi connectivity index (χ3v) is 8.56. The number of fused-ring (bicyclic) bond motifs is 2. The highest BCUT2D eigenvalue weighted by Gasteiger charge is 2.36. The molecule has 198 valence electrons. The van der Waals surface area contributed by atoms with E-state index < -0.39 is 0 Å². The van der Waals surface area contributed by atoms with Crippen LogP contribution < -0.4 is 21.3 Å². The highest BCUT2D eigenvalue weighted by Crippen LogP contribution is 2.37. The summed E-state index contributed by atoms with van der Waals surface area (Å²) in [7, 11) is 0. The number of nitrogens with zero attached hydrogens (tertiary/aromatic N) is 1. The molecule has 0 bridgehead atoms. The molecule has 0 aromatic heterocycles. The fourth-order valence-corrected chi connectivity index (χ4v) is 7.24. The minimum absolute atomic E-state index is 0.0324. The molecule has 5 aromatic rings. The Hall–Kier alpha value is -4.18. The average molecular weight is 523 g/mol. The number of imide groups is 1. The second-order valence-electron chi connectivity index (χ2n) is 11.5. The van der Waals surface area contributed by atoms with E-state index in [1.54, 1.807) is 0 Å². The van der Waals surface area contributed by atoms with Crippen molar-refractivity contribution < 1.29 is 9.59 Å². The fraction of sp³-hybridized carbons (Fsp3) is 0.222. The zero-order valence-corrected chi connectivity index (χ0v) is 24.2. The molecular formula is C36H34BNO2. The lowest BCUT2D eigenvalue weighted by molar-refractivity contribution is -0.121. The smallest absolute Gasteiger partial charge is 0.244 e. The average Bonchev–Trinajstić information content (AvgIpc) is 3.22. The normalized spacial score (nSPS) is 13.6. The summed E-state index contributed by atoms with van der Waals surface area (Å²) in [6.07, 6.45) is 0.519. The quantitative estimate of drug-likeness (QED) is 0.164. The number of aryl methyl sites for hydroxylation is 6. The SMILES string of the molecule is Cc1cc(C)c(B(c2c(C)cc(C)cc2C)c2c3ccccc3c(N3C(=O)CCC3=O)c3ccccc23)c(C)c1. The Bertz CT molecular complexity index is 1690. The van der Waals surface area contributed by atoms with Crippen molar-refractivity contribution in [2.24, 2.45) is 0 Å². The maximum Gasteiger partial charge on any atom is 0.244 e. The third kappa shape index (κ3) is 4.05. The van der Waals surface area contributed by atoms with E-state index in [-0.39, 0.29) is 31.4 Å². The molecule has 0 saturated carbocycles. The highest BCUT2D eigenvalue weighted by molar-refractivity contribution is 6.99. The summed E-state index contributed by atoms with van der Waals surface area (Å²) in [5.74, 6) is -0.250. The van der Waals surface area contributed by atoms with E-state index in [1.807, 2.05) is 12.1 Å². The van der Waals surface area contributed by atoms with Crippen LogP contribution in [0, 0.1) is 41.5 Å². The van der Waals surface area contributed by atoms with Crippen molar-refractivity contribution in [3.05, 3.63) is 106 Å². The summed E-state index contributed by atoms with van der Waals surface area (Å²) in [5, 5.41) is 4.03. The second-order valence-corrected chi connectivity index (χ2v) is 11.5. The standard InChI is InChI=1S/C36H34BNO2/c1-21-17-23(3)33(24(4)18-21)37(34-25(5)19-22(2)20-26(34)6)35-27-11-7-9-13-29(27)36(30-14-10-8-12-28(30)35)38-31(39)15-16-32(38)40/h7-14,17-20H,15-16H2,1-6H3. The van der Waals surface area contributed by atoms with Gasteiger partial charge < -0.3 is 0 Å². The molecule has 1 aliphatic rings. The molecule has 1 heterocycles. The Balaban J connectivity index is 1.83. The van der Waals surface area contributed by atoms with E-state index in [0.717, 1.165) is 27.2 Å². The van der Waals surface area contributed by atoms with E-state index in [1.165, 1.54) is 54.7 Å². The van der Waals surface area contributed by atoms with Crippen LogP contribution in [0.3, 0.4) is 0 Å². The second kappa shape index (κ2) is 9.78. The van der Waals surface area contributed by atoms with Gasteiger partial charge in [-0.2, -0.15) is 0 Å². The Morgan fingerprint density at radius 3 is 1.25 bits per heavy atom. The van der Waals surface area contributed by atoms with Gasteiger partial charge in [0, 0.05) is 23.6 Å². The number of anilines is 1. The van der Waals surface area contributed by atoms with Crippen LogP contribution >= 0.6 is 0 Å². The van der Waals surface area contributed by atoms with E-state index >= 15 is 0 Å². The number of carbonyl (C=O) groups excluding carboxylic acids is 2. The van der Waals surface area contributed by atoms with Gasteiger partial charge in [0.15, 0.2) is 0 Å². The first kappa shape index (κ1) is 26.1. The van der Waals surface area contributed by atoms with Gasteiger partial charge >= 0.3 is 0 Å². The Morgan fingerprint density at radius 1 is 0.525 bits per heavy atom. The van der Waals surface area contributed by atoms with Crippen molar-refractivity contribution in [2.45, 2.75) is 54.4 Å². The largest absolute Gasteiger partial charge is 0.274 e. The number of amides is 2. The molecule has 3 nitrogen and oxygen atoms in total. The molecule has 2 amide bonds. The van der Waals surface area contributed by atoms with Crippen molar-refractivity contribution >= 4 is 62.1 Å². The van der Waals surface area contributed by atoms with Crippen LogP contribution in [0.2, 0.25) is 0 Å². The topological polar surface area (TPSA) is 37.4 Å². The zero-order chi connectivity index (χ0) is 28.3. The molecule has 0 atom stereocenters. The fourth-order valence-electron chi connectivity index (χ4n) is 7.24. The molecule has 1 aliphatic heterocycles. The summed E-state index contributed by atoms with van der Waals surface area (Å²) in [6, 6.07) is 25.8. The summed E-state index contributed by atoms with van der Waals surface area (Å²) in [4.78, 5) is 27.6. The molecule has 4 heteroatoms. The number of hydrogen-bond acceptors (Lipinski definition) is 2. The Kier molecular flexibility index (Phi) is 6.37. The van der Waals surface area contributed by atoms with Gasteiger partial charge in [0.2, 0.25) is 18.5 Å². The monoisotopic (exact) mass is 523 g/mol. The van der Waals surface area contributed by atoms with Crippen LogP contribution in [-0.2, 0) is 9.59 Å². The van der Waals surface area contributed by atoms with Gasteiger partial charge in [-0.15, -0.1) is 0 Å².